The van der Waals surface area contributed by atoms with E-state index in [0.717, 1.165) is 29.2 Å². The van der Waals surface area contributed by atoms with Crippen LogP contribution in [0.5, 0.6) is 0 Å². The maximum atomic E-state index is 13.4. The fourth-order valence-corrected chi connectivity index (χ4v) is 3.45. The highest BCUT2D eigenvalue weighted by Gasteiger charge is 2.01. The fourth-order valence-electron chi connectivity index (χ4n) is 3.45. The van der Waals surface area contributed by atoms with Crippen LogP contribution in [0.4, 0.5) is 4.39 Å². The molecule has 0 heterocycles. The van der Waals surface area contributed by atoms with Gasteiger partial charge in [-0.15, -0.1) is 0 Å². The van der Waals surface area contributed by atoms with Crippen molar-refractivity contribution >= 4 is 12.2 Å². The average Bonchev–Trinajstić information content (AvgIpc) is 2.78. The molecule has 0 spiro atoms. The zero-order chi connectivity index (χ0) is 19.9. The van der Waals surface area contributed by atoms with Crippen molar-refractivity contribution in [1.29, 1.82) is 0 Å². The minimum absolute atomic E-state index is 0.213. The summed E-state index contributed by atoms with van der Waals surface area (Å²) in [7, 11) is 0. The first kappa shape index (κ1) is 18.9. The van der Waals surface area contributed by atoms with E-state index in [2.05, 4.69) is 78.9 Å². The first-order valence-electron chi connectivity index (χ1n) is 9.92. The Labute approximate surface area is 171 Å². The summed E-state index contributed by atoms with van der Waals surface area (Å²) in [6.45, 7) is 0. The summed E-state index contributed by atoms with van der Waals surface area (Å²) in [5.41, 5.74) is 4.72. The number of benzene rings is 4. The van der Waals surface area contributed by atoms with Gasteiger partial charge in [-0.05, 0) is 63.7 Å². The average molecular weight is 378 g/mol. The summed E-state index contributed by atoms with van der Waals surface area (Å²) in [6, 6.07) is 34.1. The van der Waals surface area contributed by atoms with Gasteiger partial charge in [0.2, 0.25) is 0 Å². The second-order valence-electron chi connectivity index (χ2n) is 7.14. The molecular formula is C28H23F. The van der Waals surface area contributed by atoms with Crippen molar-refractivity contribution < 1.29 is 4.39 Å². The van der Waals surface area contributed by atoms with Gasteiger partial charge in [-0.1, -0.05) is 97.1 Å². The van der Waals surface area contributed by atoms with E-state index in [-0.39, 0.29) is 5.82 Å². The number of hydrogen-bond acceptors (Lipinski definition) is 0. The van der Waals surface area contributed by atoms with Gasteiger partial charge in [0.25, 0.3) is 0 Å². The lowest BCUT2D eigenvalue weighted by Gasteiger charge is -2.05. The fraction of sp³-hybridized carbons (Fsp3) is 0.0714. The summed E-state index contributed by atoms with van der Waals surface area (Å²) < 4.78 is 13.4. The molecule has 4 aromatic carbocycles. The van der Waals surface area contributed by atoms with Crippen LogP contribution >= 0.6 is 0 Å². The molecule has 0 amide bonds. The van der Waals surface area contributed by atoms with Crippen molar-refractivity contribution in [1.82, 2.24) is 0 Å². The normalized spacial score (nSPS) is 12.3. The van der Waals surface area contributed by atoms with Gasteiger partial charge in [-0.3, -0.25) is 0 Å². The molecule has 142 valence electrons. The van der Waals surface area contributed by atoms with Gasteiger partial charge >= 0.3 is 0 Å². The van der Waals surface area contributed by atoms with E-state index >= 15 is 0 Å². The number of halogens is 1. The third-order valence-corrected chi connectivity index (χ3v) is 5.05. The molecule has 1 heteroatoms. The van der Waals surface area contributed by atoms with Gasteiger partial charge in [0.05, 0.1) is 0 Å². The second-order valence-corrected chi connectivity index (χ2v) is 7.14. The zero-order valence-electron chi connectivity index (χ0n) is 16.3. The SMILES string of the molecule is Fc1ccc(-c2cc(=CCc3ccccc3)ccc2=CCc2ccccc2)cc1. The quantitative estimate of drug-likeness (QED) is 0.428. The smallest absolute Gasteiger partial charge is 0.123 e. The Balaban J connectivity index is 1.73. The minimum atomic E-state index is -0.213. The van der Waals surface area contributed by atoms with E-state index in [0.29, 0.717) is 0 Å². The topological polar surface area (TPSA) is 0 Å². The van der Waals surface area contributed by atoms with Crippen LogP contribution in [-0.4, -0.2) is 0 Å². The number of rotatable bonds is 5. The highest BCUT2D eigenvalue weighted by molar-refractivity contribution is 5.66. The van der Waals surface area contributed by atoms with Gasteiger partial charge in [-0.2, -0.15) is 0 Å². The Morgan fingerprint density at radius 3 is 1.79 bits per heavy atom. The van der Waals surface area contributed by atoms with Crippen LogP contribution in [0.2, 0.25) is 0 Å². The molecule has 0 saturated heterocycles. The summed E-state index contributed by atoms with van der Waals surface area (Å²) in [5, 5.41) is 2.34. The molecule has 0 aliphatic heterocycles. The Hall–Kier alpha value is -3.45. The van der Waals surface area contributed by atoms with Crippen LogP contribution in [-0.2, 0) is 12.8 Å². The van der Waals surface area contributed by atoms with Gasteiger partial charge in [0, 0.05) is 0 Å². The molecule has 29 heavy (non-hydrogen) atoms. The largest absolute Gasteiger partial charge is 0.207 e. The van der Waals surface area contributed by atoms with Crippen molar-refractivity contribution in [2.24, 2.45) is 0 Å². The second kappa shape index (κ2) is 9.16. The summed E-state index contributed by atoms with van der Waals surface area (Å²) in [4.78, 5) is 0. The Morgan fingerprint density at radius 2 is 1.17 bits per heavy atom. The molecule has 0 bridgehead atoms. The van der Waals surface area contributed by atoms with E-state index < -0.39 is 0 Å². The standard InChI is InChI=1S/C28H23F/c29-27-19-17-26(18-20-27)28-21-24(12-11-22-7-3-1-4-8-22)14-16-25(28)15-13-23-9-5-2-6-10-23/h1-10,12,14-21H,11,13H2. The molecule has 0 radical (unpaired) electrons. The van der Waals surface area contributed by atoms with Crippen LogP contribution in [0.3, 0.4) is 0 Å². The van der Waals surface area contributed by atoms with Crippen molar-refractivity contribution in [3.63, 3.8) is 0 Å². The first-order valence-corrected chi connectivity index (χ1v) is 9.92. The van der Waals surface area contributed by atoms with Gasteiger partial charge < -0.3 is 0 Å². The van der Waals surface area contributed by atoms with Crippen LogP contribution in [0, 0.1) is 5.82 Å². The predicted octanol–water partition coefficient (Wildman–Crippen LogP) is 5.54. The molecular weight excluding hydrogens is 355 g/mol. The van der Waals surface area contributed by atoms with Crippen molar-refractivity contribution in [2.75, 3.05) is 0 Å². The Bertz CT molecular complexity index is 1170. The lowest BCUT2D eigenvalue weighted by Crippen LogP contribution is -2.12. The highest BCUT2D eigenvalue weighted by atomic mass is 19.1. The predicted molar refractivity (Wildman–Crippen MR) is 120 cm³/mol. The van der Waals surface area contributed by atoms with Gasteiger partial charge in [0.1, 0.15) is 5.82 Å². The molecule has 0 aromatic heterocycles. The maximum absolute atomic E-state index is 13.4. The van der Waals surface area contributed by atoms with E-state index in [1.807, 2.05) is 24.3 Å². The molecule has 4 aromatic rings. The maximum Gasteiger partial charge on any atom is 0.123 e. The van der Waals surface area contributed by atoms with Crippen LogP contribution in [0.1, 0.15) is 11.1 Å². The van der Waals surface area contributed by atoms with E-state index in [9.17, 15) is 4.39 Å². The summed E-state index contributed by atoms with van der Waals surface area (Å²) in [5.74, 6) is -0.213. The molecule has 4 rings (SSSR count). The van der Waals surface area contributed by atoms with Crippen LogP contribution in [0.25, 0.3) is 23.3 Å². The summed E-state index contributed by atoms with van der Waals surface area (Å²) in [6.07, 6.45) is 6.23. The van der Waals surface area contributed by atoms with Gasteiger partial charge in [0.15, 0.2) is 0 Å². The third kappa shape index (κ3) is 5.08. The Morgan fingerprint density at radius 1 is 0.586 bits per heavy atom. The number of hydrogen-bond donors (Lipinski definition) is 0. The molecule has 0 fully saturated rings. The van der Waals surface area contributed by atoms with Gasteiger partial charge in [-0.25, -0.2) is 4.39 Å². The Kier molecular flexibility index (Phi) is 5.97. The summed E-state index contributed by atoms with van der Waals surface area (Å²) >= 11 is 0. The first-order chi connectivity index (χ1) is 14.3. The van der Waals surface area contributed by atoms with E-state index in [1.54, 1.807) is 0 Å². The molecule has 0 unspecified atom stereocenters. The van der Waals surface area contributed by atoms with Crippen molar-refractivity contribution in [3.05, 3.63) is 131 Å². The zero-order valence-corrected chi connectivity index (χ0v) is 16.3. The lowest BCUT2D eigenvalue weighted by molar-refractivity contribution is 0.628. The molecule has 0 aliphatic rings. The molecule has 0 aliphatic carbocycles. The van der Waals surface area contributed by atoms with Crippen LogP contribution < -0.4 is 10.4 Å². The van der Waals surface area contributed by atoms with E-state index in [1.165, 1.54) is 28.5 Å². The molecule has 0 atom stereocenters. The molecule has 0 N–H and O–H groups in total. The highest BCUT2D eigenvalue weighted by Crippen LogP contribution is 2.15. The molecule has 0 saturated carbocycles. The van der Waals surface area contributed by atoms with Crippen molar-refractivity contribution in [2.45, 2.75) is 12.8 Å². The monoisotopic (exact) mass is 378 g/mol. The van der Waals surface area contributed by atoms with Crippen molar-refractivity contribution in [3.8, 4) is 11.1 Å². The molecule has 0 nitrogen and oxygen atoms in total. The van der Waals surface area contributed by atoms with Crippen LogP contribution in [0.15, 0.2) is 103 Å². The van der Waals surface area contributed by atoms with E-state index in [4.69, 9.17) is 0 Å². The minimum Gasteiger partial charge on any atom is -0.207 e. The third-order valence-electron chi connectivity index (χ3n) is 5.05. The lowest BCUT2D eigenvalue weighted by atomic mass is 10.00.